The first-order valence-corrected chi connectivity index (χ1v) is 10.7. The molecule has 5 unspecified atom stereocenters. The number of aliphatic hydroxyl groups excluding tert-OH is 2. The van der Waals surface area contributed by atoms with Crippen LogP contribution in [-0.2, 0) is 25.6 Å². The maximum Gasteiger partial charge on any atom is 0.326 e. The van der Waals surface area contributed by atoms with Crippen molar-refractivity contribution < 1.29 is 34.5 Å². The summed E-state index contributed by atoms with van der Waals surface area (Å²) >= 11 is 0. The Morgan fingerprint density at radius 2 is 1.77 bits per heavy atom. The van der Waals surface area contributed by atoms with Gasteiger partial charge in [-0.2, -0.15) is 0 Å². The third-order valence-electron chi connectivity index (χ3n) is 4.77. The number of hydrogen-bond donors (Lipinski definition) is 10. The monoisotopic (exact) mass is 499 g/mol. The molecule has 3 amide bonds. The molecule has 0 saturated heterocycles. The van der Waals surface area contributed by atoms with Crippen molar-refractivity contribution in [3.63, 3.8) is 0 Å². The number of carbonyl (C=O) groups excluding carboxylic acids is 3. The number of hydrogen-bond acceptors (Lipinski definition) is 9. The number of aliphatic imine (C=N–C) groups is 1. The van der Waals surface area contributed by atoms with Crippen molar-refractivity contribution in [2.75, 3.05) is 13.2 Å². The van der Waals surface area contributed by atoms with Gasteiger partial charge >= 0.3 is 5.97 Å². The predicted octanol–water partition coefficient (Wildman–Crippen LogP) is -4.75. The van der Waals surface area contributed by atoms with Crippen molar-refractivity contribution >= 4 is 29.7 Å². The molecule has 0 aliphatic rings. The van der Waals surface area contributed by atoms with Crippen LogP contribution in [-0.4, -0.2) is 98.4 Å². The highest BCUT2D eigenvalue weighted by atomic mass is 16.4. The lowest BCUT2D eigenvalue weighted by molar-refractivity contribution is -0.143. The summed E-state index contributed by atoms with van der Waals surface area (Å²) in [5, 5.41) is 35.5. The lowest BCUT2D eigenvalue weighted by Gasteiger charge is -2.26. The average Bonchev–Trinajstić information content (AvgIpc) is 3.30. The summed E-state index contributed by atoms with van der Waals surface area (Å²) < 4.78 is 0. The molecule has 1 aromatic heterocycles. The standard InChI is InChI=1S/C19H33N9O7/c1-9(30)14(17(33)26-12(18(34)35)3-2-4-24-19(21)22)28-16(32)13(5-10-6-23-8-25-10)27-15(31)11(20)7-29/h6,8-9,11-14,29-30H,2-5,7,20H2,1H3,(H,23,25)(H,26,33)(H,27,31)(H,28,32)(H,34,35)(H4,21,22,24). The van der Waals surface area contributed by atoms with E-state index in [2.05, 4.69) is 30.9 Å². The number of carbonyl (C=O) groups is 4. The van der Waals surface area contributed by atoms with E-state index in [0.29, 0.717) is 5.69 Å². The Morgan fingerprint density at radius 3 is 2.29 bits per heavy atom. The summed E-state index contributed by atoms with van der Waals surface area (Å²) in [6.07, 6.45) is 1.50. The fraction of sp³-hybridized carbons (Fsp3) is 0.579. The van der Waals surface area contributed by atoms with Gasteiger partial charge in [-0.3, -0.25) is 19.4 Å². The Hall–Kier alpha value is -3.76. The maximum absolute atomic E-state index is 12.9. The van der Waals surface area contributed by atoms with Gasteiger partial charge in [-0.1, -0.05) is 0 Å². The first-order chi connectivity index (χ1) is 16.5. The molecule has 0 aliphatic carbocycles. The molecule has 35 heavy (non-hydrogen) atoms. The normalized spacial score (nSPS) is 15.1. The number of imidazole rings is 1. The number of aromatic amines is 1. The van der Waals surface area contributed by atoms with E-state index < -0.39 is 60.6 Å². The van der Waals surface area contributed by atoms with Crippen molar-refractivity contribution in [3.8, 4) is 0 Å². The van der Waals surface area contributed by atoms with Gasteiger partial charge in [-0.25, -0.2) is 9.78 Å². The molecule has 1 aromatic rings. The van der Waals surface area contributed by atoms with Crippen molar-refractivity contribution in [2.45, 2.75) is 56.5 Å². The number of nitrogens with one attached hydrogen (secondary N) is 4. The highest BCUT2D eigenvalue weighted by Crippen LogP contribution is 2.04. The summed E-state index contributed by atoms with van der Waals surface area (Å²) in [7, 11) is 0. The van der Waals surface area contributed by atoms with Crippen LogP contribution >= 0.6 is 0 Å². The molecule has 16 heteroatoms. The number of carboxylic acids is 1. The SMILES string of the molecule is CC(O)C(NC(=O)C(Cc1cnc[nH]1)NC(=O)C(N)CO)C(=O)NC(CCCN=C(N)N)C(=O)O. The van der Waals surface area contributed by atoms with Crippen LogP contribution in [0.2, 0.25) is 0 Å². The minimum absolute atomic E-state index is 0.0180. The summed E-state index contributed by atoms with van der Waals surface area (Å²) in [6.45, 7) is 0.704. The van der Waals surface area contributed by atoms with Crippen LogP contribution in [0.4, 0.5) is 0 Å². The number of aliphatic hydroxyl groups is 2. The van der Waals surface area contributed by atoms with Crippen LogP contribution in [0.15, 0.2) is 17.5 Å². The predicted molar refractivity (Wildman–Crippen MR) is 122 cm³/mol. The summed E-state index contributed by atoms with van der Waals surface area (Å²) in [5.74, 6) is -4.13. The second-order valence-corrected chi connectivity index (χ2v) is 7.71. The van der Waals surface area contributed by atoms with Crippen LogP contribution in [0.1, 0.15) is 25.5 Å². The molecule has 0 bridgehead atoms. The molecule has 0 fully saturated rings. The number of aromatic nitrogens is 2. The number of H-pyrrole nitrogens is 1. The van der Waals surface area contributed by atoms with Crippen LogP contribution < -0.4 is 33.2 Å². The molecule has 0 aliphatic heterocycles. The van der Waals surface area contributed by atoms with Crippen molar-refractivity contribution in [2.24, 2.45) is 22.2 Å². The van der Waals surface area contributed by atoms with E-state index in [1.807, 2.05) is 0 Å². The third-order valence-corrected chi connectivity index (χ3v) is 4.77. The number of nitrogens with zero attached hydrogens (tertiary/aromatic N) is 2. The Bertz CT molecular complexity index is 872. The van der Waals surface area contributed by atoms with Gasteiger partial charge < -0.3 is 53.5 Å². The zero-order valence-electron chi connectivity index (χ0n) is 19.2. The van der Waals surface area contributed by atoms with E-state index in [0.717, 1.165) is 0 Å². The largest absolute Gasteiger partial charge is 0.480 e. The van der Waals surface area contributed by atoms with E-state index in [1.54, 1.807) is 0 Å². The van der Waals surface area contributed by atoms with E-state index in [-0.39, 0.29) is 31.8 Å². The van der Waals surface area contributed by atoms with Gasteiger partial charge in [0.25, 0.3) is 0 Å². The highest BCUT2D eigenvalue weighted by Gasteiger charge is 2.32. The number of rotatable bonds is 15. The number of guanidine groups is 1. The first-order valence-electron chi connectivity index (χ1n) is 10.7. The number of carboxylic acid groups (broad SMARTS) is 1. The van der Waals surface area contributed by atoms with Crippen LogP contribution in [0.3, 0.4) is 0 Å². The molecule has 1 rings (SSSR count). The highest BCUT2D eigenvalue weighted by molar-refractivity contribution is 5.94. The Kier molecular flexibility index (Phi) is 12.1. The zero-order valence-corrected chi connectivity index (χ0v) is 19.2. The Labute approximate surface area is 200 Å². The topological polar surface area (TPSA) is 284 Å². The van der Waals surface area contributed by atoms with E-state index in [1.165, 1.54) is 19.4 Å². The van der Waals surface area contributed by atoms with Gasteiger partial charge in [-0.15, -0.1) is 0 Å². The number of nitrogens with two attached hydrogens (primary N) is 3. The third kappa shape index (κ3) is 10.4. The minimum Gasteiger partial charge on any atom is -0.480 e. The van der Waals surface area contributed by atoms with E-state index in [4.69, 9.17) is 22.3 Å². The molecule has 13 N–H and O–H groups in total. The average molecular weight is 500 g/mol. The second kappa shape index (κ2) is 14.5. The quantitative estimate of drug-likeness (QED) is 0.0620. The van der Waals surface area contributed by atoms with Crippen LogP contribution in [0, 0.1) is 0 Å². The van der Waals surface area contributed by atoms with E-state index in [9.17, 15) is 29.4 Å². The fourth-order valence-electron chi connectivity index (χ4n) is 2.87. The molecular weight excluding hydrogens is 466 g/mol. The number of amides is 3. The van der Waals surface area contributed by atoms with E-state index >= 15 is 0 Å². The van der Waals surface area contributed by atoms with Gasteiger partial charge in [0, 0.05) is 24.9 Å². The minimum atomic E-state index is -1.55. The molecule has 0 aromatic carbocycles. The molecule has 196 valence electrons. The zero-order chi connectivity index (χ0) is 26.5. The Balaban J connectivity index is 2.93. The summed E-state index contributed by atoms with van der Waals surface area (Å²) in [4.78, 5) is 59.6. The fourth-order valence-corrected chi connectivity index (χ4v) is 2.87. The molecule has 0 saturated carbocycles. The number of aliphatic carboxylic acids is 1. The lowest BCUT2D eigenvalue weighted by atomic mass is 10.1. The van der Waals surface area contributed by atoms with Gasteiger partial charge in [-0.05, 0) is 19.8 Å². The molecule has 5 atom stereocenters. The molecule has 0 radical (unpaired) electrons. The molecule has 1 heterocycles. The van der Waals surface area contributed by atoms with Gasteiger partial charge in [0.15, 0.2) is 5.96 Å². The van der Waals surface area contributed by atoms with Crippen molar-refractivity contribution in [3.05, 3.63) is 18.2 Å². The van der Waals surface area contributed by atoms with Gasteiger partial charge in [0.05, 0.1) is 19.0 Å². The van der Waals surface area contributed by atoms with Crippen molar-refractivity contribution in [1.82, 2.24) is 25.9 Å². The molecule has 0 spiro atoms. The second-order valence-electron chi connectivity index (χ2n) is 7.71. The first kappa shape index (κ1) is 29.3. The van der Waals surface area contributed by atoms with Crippen molar-refractivity contribution in [1.29, 1.82) is 0 Å². The van der Waals surface area contributed by atoms with Gasteiger partial charge in [0.2, 0.25) is 17.7 Å². The summed E-state index contributed by atoms with van der Waals surface area (Å²) in [5.41, 5.74) is 16.4. The van der Waals surface area contributed by atoms with Gasteiger partial charge in [0.1, 0.15) is 24.2 Å². The maximum atomic E-state index is 12.9. The van der Waals surface area contributed by atoms with Crippen LogP contribution in [0.5, 0.6) is 0 Å². The molecular formula is C19H33N9O7. The lowest BCUT2D eigenvalue weighted by Crippen LogP contribution is -2.60. The Morgan fingerprint density at radius 1 is 1.11 bits per heavy atom. The van der Waals surface area contributed by atoms with Crippen LogP contribution in [0.25, 0.3) is 0 Å². The summed E-state index contributed by atoms with van der Waals surface area (Å²) in [6, 6.07) is -5.43. The molecule has 16 nitrogen and oxygen atoms in total. The smallest absolute Gasteiger partial charge is 0.326 e.